The normalized spacial score (nSPS) is 15.7. The second kappa shape index (κ2) is 10.9. The quantitative estimate of drug-likeness (QED) is 0.461. The number of amides is 1. The number of hydrogen-bond donors (Lipinski definition) is 1. The van der Waals surface area contributed by atoms with Gasteiger partial charge in [0.05, 0.1) is 32.9 Å². The molecule has 1 atom stereocenters. The Hall–Kier alpha value is -2.78. The molecule has 10 heteroatoms. The van der Waals surface area contributed by atoms with Gasteiger partial charge >= 0.3 is 0 Å². The van der Waals surface area contributed by atoms with E-state index in [1.807, 2.05) is 0 Å². The number of nitrogens with zero attached hydrogens (tertiary/aromatic N) is 3. The molecule has 0 bridgehead atoms. The van der Waals surface area contributed by atoms with Gasteiger partial charge in [0.25, 0.3) is 5.56 Å². The van der Waals surface area contributed by atoms with Crippen LogP contribution >= 0.6 is 11.6 Å². The van der Waals surface area contributed by atoms with Crippen molar-refractivity contribution in [1.82, 2.24) is 14.5 Å². The second-order valence-electron chi connectivity index (χ2n) is 9.06. The van der Waals surface area contributed by atoms with Crippen molar-refractivity contribution >= 4 is 44.1 Å². The number of nitrogens with one attached hydrogen (secondary N) is 1. The van der Waals surface area contributed by atoms with E-state index in [2.05, 4.69) is 15.3 Å². The van der Waals surface area contributed by atoms with E-state index < -0.39 is 21.4 Å². The van der Waals surface area contributed by atoms with E-state index in [0.29, 0.717) is 35.1 Å². The van der Waals surface area contributed by atoms with Crippen LogP contribution in [0.3, 0.4) is 0 Å². The highest BCUT2D eigenvalue weighted by atomic mass is 35.5. The van der Waals surface area contributed by atoms with Crippen molar-refractivity contribution in [3.8, 4) is 0 Å². The third-order valence-corrected chi connectivity index (χ3v) is 8.63. The molecule has 1 aliphatic carbocycles. The molecule has 1 fully saturated rings. The van der Waals surface area contributed by atoms with Gasteiger partial charge in [-0.05, 0) is 49.1 Å². The Morgan fingerprint density at radius 3 is 2.63 bits per heavy atom. The summed E-state index contributed by atoms with van der Waals surface area (Å²) in [6, 6.07) is 6.81. The Kier molecular flexibility index (Phi) is 7.86. The number of carbonyl (C=O) groups is 1. The molecule has 0 spiro atoms. The predicted molar refractivity (Wildman–Crippen MR) is 136 cm³/mol. The first kappa shape index (κ1) is 25.3. The van der Waals surface area contributed by atoms with E-state index in [1.54, 1.807) is 19.1 Å². The number of anilines is 1. The molecule has 2 aromatic heterocycles. The lowest BCUT2D eigenvalue weighted by molar-refractivity contribution is -0.120. The lowest BCUT2D eigenvalue weighted by Gasteiger charge is -2.27. The molecule has 3 aromatic rings. The zero-order chi connectivity index (χ0) is 25.0. The summed E-state index contributed by atoms with van der Waals surface area (Å²) in [7, 11) is -3.51. The Labute approximate surface area is 209 Å². The third kappa shape index (κ3) is 5.90. The highest BCUT2D eigenvalue weighted by molar-refractivity contribution is 7.91. The van der Waals surface area contributed by atoms with E-state index in [1.165, 1.54) is 41.7 Å². The van der Waals surface area contributed by atoms with Crippen molar-refractivity contribution < 1.29 is 13.2 Å². The smallest absolute Gasteiger partial charge is 0.261 e. The number of aromatic nitrogens is 3. The van der Waals surface area contributed by atoms with E-state index in [4.69, 9.17) is 11.6 Å². The molecule has 35 heavy (non-hydrogen) atoms. The molecule has 1 amide bonds. The van der Waals surface area contributed by atoms with Gasteiger partial charge in [-0.2, -0.15) is 0 Å². The average molecular weight is 517 g/mol. The van der Waals surface area contributed by atoms with Crippen LogP contribution in [-0.4, -0.2) is 34.6 Å². The van der Waals surface area contributed by atoms with Gasteiger partial charge in [-0.15, -0.1) is 0 Å². The molecule has 0 aliphatic heterocycles. The van der Waals surface area contributed by atoms with Crippen LogP contribution in [0.25, 0.3) is 10.9 Å². The highest BCUT2D eigenvalue weighted by Gasteiger charge is 2.28. The van der Waals surface area contributed by atoms with Gasteiger partial charge in [0.2, 0.25) is 5.91 Å². The molecule has 2 heterocycles. The molecule has 1 aromatic carbocycles. The molecule has 1 N–H and O–H groups in total. The zero-order valence-electron chi connectivity index (χ0n) is 19.6. The van der Waals surface area contributed by atoms with E-state index in [0.717, 1.165) is 25.7 Å². The molecule has 186 valence electrons. The number of carbonyl (C=O) groups excluding carboxylic acids is 1. The number of halogens is 1. The van der Waals surface area contributed by atoms with Gasteiger partial charge in [-0.25, -0.2) is 18.4 Å². The number of fused-ring (bicyclic) bond motifs is 1. The average Bonchev–Trinajstić information content (AvgIpc) is 2.85. The maximum absolute atomic E-state index is 13.6. The van der Waals surface area contributed by atoms with Crippen LogP contribution in [0.15, 0.2) is 52.5 Å². The Morgan fingerprint density at radius 1 is 1.17 bits per heavy atom. The van der Waals surface area contributed by atoms with E-state index >= 15 is 0 Å². The lowest BCUT2D eigenvalue weighted by Crippen LogP contribution is -2.35. The summed E-state index contributed by atoms with van der Waals surface area (Å²) < 4.78 is 26.5. The largest absolute Gasteiger partial charge is 0.309 e. The number of rotatable bonds is 8. The molecule has 1 aliphatic rings. The molecule has 4 rings (SSSR count). The van der Waals surface area contributed by atoms with Crippen LogP contribution in [0.5, 0.6) is 0 Å². The highest BCUT2D eigenvalue weighted by Crippen LogP contribution is 2.31. The molecule has 1 saturated carbocycles. The molecular formula is C25H29ClN4O4S. The Bertz CT molecular complexity index is 1370. The fourth-order valence-corrected chi connectivity index (χ4v) is 6.12. The van der Waals surface area contributed by atoms with Gasteiger partial charge in [0, 0.05) is 6.20 Å². The minimum atomic E-state index is -3.51. The standard InChI is InChI=1S/C25H29ClN4O4S/c1-2-12-35(33,34)19-9-10-21-20(14-19)25(32)30(16-28-21)22(13-17-6-4-3-5-7-17)24(31)29-23-11-8-18(26)15-27-23/h8-11,14-17,22H,2-7,12-13H2,1H3,(H,27,29,31). The molecule has 0 saturated heterocycles. The molecule has 8 nitrogen and oxygen atoms in total. The van der Waals surface area contributed by atoms with Crippen LogP contribution in [-0.2, 0) is 14.6 Å². The first-order chi connectivity index (χ1) is 16.8. The Balaban J connectivity index is 1.74. The van der Waals surface area contributed by atoms with Gasteiger partial charge in [-0.1, -0.05) is 50.6 Å². The summed E-state index contributed by atoms with van der Waals surface area (Å²) in [6.07, 6.45) is 9.15. The van der Waals surface area contributed by atoms with Crippen molar-refractivity contribution in [2.24, 2.45) is 5.92 Å². The number of hydrogen-bond acceptors (Lipinski definition) is 6. The van der Waals surface area contributed by atoms with Crippen LogP contribution in [0.1, 0.15) is 57.9 Å². The van der Waals surface area contributed by atoms with Crippen molar-refractivity contribution in [2.75, 3.05) is 11.1 Å². The first-order valence-electron chi connectivity index (χ1n) is 11.9. The van der Waals surface area contributed by atoms with Gasteiger partial charge in [0.1, 0.15) is 11.9 Å². The van der Waals surface area contributed by atoms with Crippen molar-refractivity contribution in [1.29, 1.82) is 0 Å². The molecular weight excluding hydrogens is 488 g/mol. The zero-order valence-corrected chi connectivity index (χ0v) is 21.2. The van der Waals surface area contributed by atoms with Crippen molar-refractivity contribution in [3.05, 3.63) is 58.2 Å². The second-order valence-corrected chi connectivity index (χ2v) is 11.6. The monoisotopic (exact) mass is 516 g/mol. The molecule has 1 unspecified atom stereocenters. The summed E-state index contributed by atoms with van der Waals surface area (Å²) in [5, 5.41) is 3.42. The minimum absolute atomic E-state index is 0.00619. The van der Waals surface area contributed by atoms with Gasteiger partial charge in [-0.3, -0.25) is 14.2 Å². The van der Waals surface area contributed by atoms with Crippen LogP contribution < -0.4 is 10.9 Å². The minimum Gasteiger partial charge on any atom is -0.309 e. The predicted octanol–water partition coefficient (Wildman–Crippen LogP) is 4.78. The fourth-order valence-electron chi connectivity index (χ4n) is 4.66. The SMILES string of the molecule is CCCS(=O)(=O)c1ccc2ncn(C(CC3CCCCC3)C(=O)Nc3ccc(Cl)cn3)c(=O)c2c1. The summed E-state index contributed by atoms with van der Waals surface area (Å²) in [4.78, 5) is 35.6. The summed E-state index contributed by atoms with van der Waals surface area (Å²) in [5.41, 5.74) is -0.0542. The third-order valence-electron chi connectivity index (χ3n) is 6.48. The Morgan fingerprint density at radius 2 is 1.94 bits per heavy atom. The van der Waals surface area contributed by atoms with Crippen LogP contribution in [0, 0.1) is 5.92 Å². The summed E-state index contributed by atoms with van der Waals surface area (Å²) >= 11 is 5.90. The van der Waals surface area contributed by atoms with Crippen LogP contribution in [0.4, 0.5) is 5.82 Å². The summed E-state index contributed by atoms with van der Waals surface area (Å²) in [6.45, 7) is 1.79. The molecule has 0 radical (unpaired) electrons. The van der Waals surface area contributed by atoms with E-state index in [9.17, 15) is 18.0 Å². The van der Waals surface area contributed by atoms with Gasteiger partial charge < -0.3 is 5.32 Å². The lowest BCUT2D eigenvalue weighted by atomic mass is 9.84. The van der Waals surface area contributed by atoms with Crippen molar-refractivity contribution in [2.45, 2.75) is 62.8 Å². The fraction of sp³-hybridized carbons (Fsp3) is 0.440. The maximum Gasteiger partial charge on any atom is 0.261 e. The maximum atomic E-state index is 13.6. The topological polar surface area (TPSA) is 111 Å². The number of pyridine rings is 1. The van der Waals surface area contributed by atoms with E-state index in [-0.39, 0.29) is 21.9 Å². The van der Waals surface area contributed by atoms with Gasteiger partial charge in [0.15, 0.2) is 9.84 Å². The first-order valence-corrected chi connectivity index (χ1v) is 14.0. The van der Waals surface area contributed by atoms with Crippen LogP contribution in [0.2, 0.25) is 5.02 Å². The number of benzene rings is 1. The number of sulfone groups is 1. The summed E-state index contributed by atoms with van der Waals surface area (Å²) in [5.74, 6) is 0.260. The van der Waals surface area contributed by atoms with Crippen molar-refractivity contribution in [3.63, 3.8) is 0 Å².